The Hall–Kier alpha value is -0.830. The number of hydrogen-bond acceptors (Lipinski definition) is 2. The summed E-state index contributed by atoms with van der Waals surface area (Å²) in [5.74, 6) is -0.814. The summed E-state index contributed by atoms with van der Waals surface area (Å²) < 4.78 is 0. The second-order valence-corrected chi connectivity index (χ2v) is 2.20. The van der Waals surface area contributed by atoms with Crippen LogP contribution in [0.3, 0.4) is 0 Å². The van der Waals surface area contributed by atoms with Gasteiger partial charge >= 0.3 is 5.97 Å². The van der Waals surface area contributed by atoms with Gasteiger partial charge in [-0.2, -0.15) is 0 Å². The molecular formula is C8H15NO2. The maximum absolute atomic E-state index is 10.4. The van der Waals surface area contributed by atoms with Gasteiger partial charge in [0.25, 0.3) is 0 Å². The first-order valence-electron chi connectivity index (χ1n) is 3.85. The average Bonchev–Trinajstić information content (AvgIpc) is 1.97. The Labute approximate surface area is 67.1 Å². The molecule has 0 saturated heterocycles. The first kappa shape index (κ1) is 10.2. The smallest absolute Gasteiger partial charge is 0.331 e. The van der Waals surface area contributed by atoms with E-state index in [2.05, 4.69) is 5.32 Å². The fourth-order valence-corrected chi connectivity index (χ4v) is 0.723. The first-order chi connectivity index (χ1) is 5.22. The summed E-state index contributed by atoms with van der Waals surface area (Å²) in [7, 11) is 0. The van der Waals surface area contributed by atoms with Crippen LogP contribution in [0.1, 0.15) is 20.3 Å². The van der Waals surface area contributed by atoms with E-state index in [1.807, 2.05) is 13.8 Å². The highest BCUT2D eigenvalue weighted by molar-refractivity contribution is 5.86. The van der Waals surface area contributed by atoms with E-state index in [0.717, 1.165) is 6.54 Å². The molecule has 0 spiro atoms. The first-order valence-corrected chi connectivity index (χ1v) is 3.85. The van der Waals surface area contributed by atoms with Gasteiger partial charge in [0.1, 0.15) is 0 Å². The molecule has 0 aliphatic rings. The summed E-state index contributed by atoms with van der Waals surface area (Å²) in [6, 6.07) is 0. The van der Waals surface area contributed by atoms with E-state index in [-0.39, 0.29) is 0 Å². The van der Waals surface area contributed by atoms with Gasteiger partial charge < -0.3 is 10.4 Å². The van der Waals surface area contributed by atoms with Gasteiger partial charge in [-0.3, -0.25) is 0 Å². The molecule has 0 rings (SSSR count). The zero-order valence-electron chi connectivity index (χ0n) is 7.05. The van der Waals surface area contributed by atoms with E-state index >= 15 is 0 Å². The van der Waals surface area contributed by atoms with Crippen LogP contribution in [-0.4, -0.2) is 24.2 Å². The largest absolute Gasteiger partial charge is 0.478 e. The minimum Gasteiger partial charge on any atom is -0.478 e. The Kier molecular flexibility index (Phi) is 5.47. The summed E-state index contributed by atoms with van der Waals surface area (Å²) in [5.41, 5.74) is 0.478. The lowest BCUT2D eigenvalue weighted by molar-refractivity contribution is -0.132. The molecule has 0 aromatic carbocycles. The third-order valence-electron chi connectivity index (χ3n) is 1.40. The molecule has 0 aromatic rings. The van der Waals surface area contributed by atoms with Crippen molar-refractivity contribution in [3.8, 4) is 0 Å². The van der Waals surface area contributed by atoms with E-state index in [9.17, 15) is 4.79 Å². The maximum Gasteiger partial charge on any atom is 0.331 e. The highest BCUT2D eigenvalue weighted by Gasteiger charge is 2.01. The number of likely N-dealkylation sites (N-methyl/N-ethyl adjacent to an activating group) is 1. The van der Waals surface area contributed by atoms with Gasteiger partial charge in [-0.15, -0.1) is 0 Å². The summed E-state index contributed by atoms with van der Waals surface area (Å²) in [6.45, 7) is 5.34. The molecule has 11 heavy (non-hydrogen) atoms. The molecule has 0 amide bonds. The van der Waals surface area contributed by atoms with Crippen molar-refractivity contribution in [2.24, 2.45) is 0 Å². The van der Waals surface area contributed by atoms with E-state index in [0.29, 0.717) is 18.5 Å². The molecule has 0 radical (unpaired) electrons. The molecule has 64 valence electrons. The third-order valence-corrected chi connectivity index (χ3v) is 1.40. The van der Waals surface area contributed by atoms with Crippen molar-refractivity contribution >= 4 is 5.97 Å². The van der Waals surface area contributed by atoms with Crippen LogP contribution in [0, 0.1) is 0 Å². The molecule has 0 aliphatic heterocycles. The van der Waals surface area contributed by atoms with Crippen molar-refractivity contribution < 1.29 is 9.90 Å². The van der Waals surface area contributed by atoms with Crippen LogP contribution in [0.2, 0.25) is 0 Å². The van der Waals surface area contributed by atoms with Gasteiger partial charge in [0.05, 0.1) is 0 Å². The lowest BCUT2D eigenvalue weighted by atomic mass is 10.2. The minimum atomic E-state index is -0.814. The van der Waals surface area contributed by atoms with Crippen molar-refractivity contribution in [3.63, 3.8) is 0 Å². The Morgan fingerprint density at radius 2 is 2.18 bits per heavy atom. The Morgan fingerprint density at radius 3 is 2.55 bits per heavy atom. The van der Waals surface area contributed by atoms with Gasteiger partial charge in [0, 0.05) is 12.1 Å². The second-order valence-electron chi connectivity index (χ2n) is 2.20. The summed E-state index contributed by atoms with van der Waals surface area (Å²) in [5, 5.41) is 11.6. The van der Waals surface area contributed by atoms with Crippen LogP contribution in [0.25, 0.3) is 0 Å². The van der Waals surface area contributed by atoms with Crippen molar-refractivity contribution in [3.05, 3.63) is 11.6 Å². The van der Waals surface area contributed by atoms with Gasteiger partial charge in [-0.25, -0.2) is 4.79 Å². The maximum atomic E-state index is 10.4. The number of nitrogens with one attached hydrogen (secondary N) is 1. The summed E-state index contributed by atoms with van der Waals surface area (Å²) in [6.07, 6.45) is 2.30. The van der Waals surface area contributed by atoms with Crippen LogP contribution in [-0.2, 0) is 4.79 Å². The fourth-order valence-electron chi connectivity index (χ4n) is 0.723. The number of rotatable bonds is 5. The number of carboxylic acids is 1. The number of carboxylic acid groups (broad SMARTS) is 1. The summed E-state index contributed by atoms with van der Waals surface area (Å²) in [4.78, 5) is 10.4. The molecule has 3 heteroatoms. The predicted molar refractivity (Wildman–Crippen MR) is 44.6 cm³/mol. The van der Waals surface area contributed by atoms with Crippen LogP contribution in [0.4, 0.5) is 0 Å². The molecule has 2 N–H and O–H groups in total. The molecule has 0 atom stereocenters. The summed E-state index contributed by atoms with van der Waals surface area (Å²) >= 11 is 0. The normalized spacial score (nSPS) is 11.6. The molecule has 0 saturated carbocycles. The third kappa shape index (κ3) is 4.56. The zero-order chi connectivity index (χ0) is 8.69. The van der Waals surface area contributed by atoms with E-state index < -0.39 is 5.97 Å². The van der Waals surface area contributed by atoms with Gasteiger partial charge in [0.15, 0.2) is 0 Å². The minimum absolute atomic E-state index is 0.478. The Balaban J connectivity index is 3.81. The van der Waals surface area contributed by atoms with Gasteiger partial charge in [-0.1, -0.05) is 19.9 Å². The van der Waals surface area contributed by atoms with Crippen LogP contribution >= 0.6 is 0 Å². The molecule has 3 nitrogen and oxygen atoms in total. The highest BCUT2D eigenvalue weighted by Crippen LogP contribution is 1.98. The Bertz CT molecular complexity index is 152. The molecule has 0 unspecified atom stereocenters. The van der Waals surface area contributed by atoms with Crippen LogP contribution < -0.4 is 5.32 Å². The quantitative estimate of drug-likeness (QED) is 0.462. The monoisotopic (exact) mass is 157 g/mol. The van der Waals surface area contributed by atoms with Crippen molar-refractivity contribution in [1.82, 2.24) is 5.32 Å². The van der Waals surface area contributed by atoms with Crippen LogP contribution in [0.5, 0.6) is 0 Å². The predicted octanol–water partition coefficient (Wildman–Crippen LogP) is 1.02. The zero-order valence-corrected chi connectivity index (χ0v) is 7.05. The Morgan fingerprint density at radius 1 is 1.55 bits per heavy atom. The van der Waals surface area contributed by atoms with E-state index in [1.54, 1.807) is 6.08 Å². The van der Waals surface area contributed by atoms with Gasteiger partial charge in [-0.05, 0) is 13.0 Å². The molecule has 0 heterocycles. The molecule has 0 aromatic heterocycles. The number of aliphatic carboxylic acids is 1. The highest BCUT2D eigenvalue weighted by atomic mass is 16.4. The number of carbonyl (C=O) groups is 1. The molecular weight excluding hydrogens is 142 g/mol. The van der Waals surface area contributed by atoms with E-state index in [4.69, 9.17) is 5.11 Å². The fraction of sp³-hybridized carbons (Fsp3) is 0.625. The lowest BCUT2D eigenvalue weighted by Crippen LogP contribution is -2.13. The molecule has 0 aliphatic carbocycles. The van der Waals surface area contributed by atoms with Gasteiger partial charge in [0.2, 0.25) is 0 Å². The second kappa shape index (κ2) is 5.92. The molecule has 0 bridgehead atoms. The topological polar surface area (TPSA) is 49.3 Å². The average molecular weight is 157 g/mol. The van der Waals surface area contributed by atoms with Crippen molar-refractivity contribution in [1.29, 1.82) is 0 Å². The van der Waals surface area contributed by atoms with E-state index in [1.165, 1.54) is 0 Å². The van der Waals surface area contributed by atoms with Crippen molar-refractivity contribution in [2.45, 2.75) is 20.3 Å². The SMILES string of the molecule is CCNC/C=C(/CC)C(=O)O. The lowest BCUT2D eigenvalue weighted by Gasteiger charge is -1.98. The molecule has 0 fully saturated rings. The van der Waals surface area contributed by atoms with Crippen molar-refractivity contribution in [2.75, 3.05) is 13.1 Å². The standard InChI is InChI=1S/C8H15NO2/c1-3-7(8(10)11)5-6-9-4-2/h5,9H,3-4,6H2,1-2H3,(H,10,11)/b7-5-. The number of hydrogen-bond donors (Lipinski definition) is 2. The van der Waals surface area contributed by atoms with Crippen LogP contribution in [0.15, 0.2) is 11.6 Å².